The van der Waals surface area contributed by atoms with E-state index in [1.165, 1.54) is 13.0 Å². The minimum Gasteiger partial charge on any atom is -0.356 e. The van der Waals surface area contributed by atoms with Crippen LogP contribution in [0, 0.1) is 18.7 Å². The Labute approximate surface area is 162 Å². The van der Waals surface area contributed by atoms with E-state index in [1.54, 1.807) is 20.0 Å². The molecule has 1 aromatic carbocycles. The summed E-state index contributed by atoms with van der Waals surface area (Å²) in [6, 6.07) is 5.37. The lowest BCUT2D eigenvalue weighted by atomic mass is 10.1. The largest absolute Gasteiger partial charge is 0.356 e. The van der Waals surface area contributed by atoms with Crippen molar-refractivity contribution < 1.29 is 4.39 Å². The van der Waals surface area contributed by atoms with Crippen LogP contribution in [0.15, 0.2) is 23.2 Å². The Morgan fingerprint density at radius 2 is 2.21 bits per heavy atom. The number of aryl methyl sites for hydroxylation is 1. The summed E-state index contributed by atoms with van der Waals surface area (Å²) in [6.45, 7) is 10.4. The predicted octanol–water partition coefficient (Wildman–Crippen LogP) is 3.32. The van der Waals surface area contributed by atoms with E-state index in [9.17, 15) is 4.39 Å². The van der Waals surface area contributed by atoms with Crippen LogP contribution in [0.4, 0.5) is 4.39 Å². The fourth-order valence-electron chi connectivity index (χ4n) is 2.97. The highest BCUT2D eigenvalue weighted by atomic mass is 127. The van der Waals surface area contributed by atoms with Crippen molar-refractivity contribution in [1.82, 2.24) is 15.5 Å². The molecule has 2 N–H and O–H groups in total. The monoisotopic (exact) mass is 448 g/mol. The van der Waals surface area contributed by atoms with Crippen LogP contribution in [0.2, 0.25) is 0 Å². The van der Waals surface area contributed by atoms with Crippen LogP contribution in [0.3, 0.4) is 0 Å². The van der Waals surface area contributed by atoms with Gasteiger partial charge in [0.25, 0.3) is 0 Å². The van der Waals surface area contributed by atoms with Gasteiger partial charge in [0.15, 0.2) is 5.96 Å². The number of guanidine groups is 1. The molecule has 2 unspecified atom stereocenters. The first-order valence-electron chi connectivity index (χ1n) is 8.49. The molecule has 4 nitrogen and oxygen atoms in total. The number of nitrogens with zero attached hydrogens (tertiary/aromatic N) is 2. The van der Waals surface area contributed by atoms with Crippen molar-refractivity contribution in [2.45, 2.75) is 33.2 Å². The smallest absolute Gasteiger partial charge is 0.191 e. The number of likely N-dealkylation sites (tertiary alicyclic amines) is 1. The van der Waals surface area contributed by atoms with Crippen molar-refractivity contribution in [2.75, 3.05) is 33.2 Å². The maximum atomic E-state index is 13.7. The summed E-state index contributed by atoms with van der Waals surface area (Å²) < 4.78 is 13.7. The standard InChI is InChI=1S/C18H29FN4.HI/c1-5-23-9-8-15(12-23)11-21-18(20-4)22-14(3)16-7-6-13(2)17(19)10-16;/h6-7,10,14-15H,5,8-9,11-12H2,1-4H3,(H2,20,21,22);1H. The van der Waals surface area contributed by atoms with Crippen molar-refractivity contribution >= 4 is 29.9 Å². The van der Waals surface area contributed by atoms with Gasteiger partial charge in [-0.15, -0.1) is 24.0 Å². The number of benzene rings is 1. The van der Waals surface area contributed by atoms with Crippen LogP contribution < -0.4 is 10.6 Å². The molecule has 0 radical (unpaired) electrons. The van der Waals surface area contributed by atoms with Crippen LogP contribution in [-0.2, 0) is 0 Å². The summed E-state index contributed by atoms with van der Waals surface area (Å²) in [6.07, 6.45) is 1.23. The minimum absolute atomic E-state index is 0. The van der Waals surface area contributed by atoms with E-state index in [4.69, 9.17) is 0 Å². The number of halogens is 2. The van der Waals surface area contributed by atoms with Gasteiger partial charge in [-0.05, 0) is 56.5 Å². The zero-order valence-corrected chi connectivity index (χ0v) is 17.4. The fourth-order valence-corrected chi connectivity index (χ4v) is 2.97. The second-order valence-corrected chi connectivity index (χ2v) is 6.38. The van der Waals surface area contributed by atoms with E-state index in [0.29, 0.717) is 11.5 Å². The molecule has 136 valence electrons. The topological polar surface area (TPSA) is 39.7 Å². The van der Waals surface area contributed by atoms with Crippen molar-refractivity contribution in [2.24, 2.45) is 10.9 Å². The highest BCUT2D eigenvalue weighted by Gasteiger charge is 2.21. The Kier molecular flexibility index (Phi) is 8.97. The van der Waals surface area contributed by atoms with Gasteiger partial charge in [0, 0.05) is 20.1 Å². The lowest BCUT2D eigenvalue weighted by molar-refractivity contribution is 0.341. The van der Waals surface area contributed by atoms with Gasteiger partial charge in [0.2, 0.25) is 0 Å². The summed E-state index contributed by atoms with van der Waals surface area (Å²) in [4.78, 5) is 6.75. The Morgan fingerprint density at radius 3 is 2.79 bits per heavy atom. The quantitative estimate of drug-likeness (QED) is 0.413. The van der Waals surface area contributed by atoms with Gasteiger partial charge >= 0.3 is 0 Å². The van der Waals surface area contributed by atoms with Crippen LogP contribution in [0.1, 0.15) is 37.4 Å². The Morgan fingerprint density at radius 1 is 1.46 bits per heavy atom. The zero-order chi connectivity index (χ0) is 16.8. The van der Waals surface area contributed by atoms with Gasteiger partial charge in [-0.3, -0.25) is 4.99 Å². The number of aliphatic imine (C=N–C) groups is 1. The average Bonchev–Trinajstić information content (AvgIpc) is 3.01. The molecule has 1 aliphatic rings. The van der Waals surface area contributed by atoms with Crippen molar-refractivity contribution in [3.8, 4) is 0 Å². The lowest BCUT2D eigenvalue weighted by Crippen LogP contribution is -2.41. The molecule has 0 saturated carbocycles. The van der Waals surface area contributed by atoms with Crippen molar-refractivity contribution in [1.29, 1.82) is 0 Å². The van der Waals surface area contributed by atoms with Crippen LogP contribution in [0.25, 0.3) is 0 Å². The van der Waals surface area contributed by atoms with E-state index in [0.717, 1.165) is 31.2 Å². The van der Waals surface area contributed by atoms with Crippen LogP contribution in [-0.4, -0.2) is 44.1 Å². The predicted molar refractivity (Wildman–Crippen MR) is 110 cm³/mol. The second kappa shape index (κ2) is 10.2. The number of hydrogen-bond donors (Lipinski definition) is 2. The van der Waals surface area contributed by atoms with E-state index in [1.807, 2.05) is 19.1 Å². The molecule has 6 heteroatoms. The normalized spacial score (nSPS) is 19.7. The van der Waals surface area contributed by atoms with E-state index in [-0.39, 0.29) is 35.8 Å². The molecule has 24 heavy (non-hydrogen) atoms. The van der Waals surface area contributed by atoms with Gasteiger partial charge in [-0.2, -0.15) is 0 Å². The van der Waals surface area contributed by atoms with E-state index in [2.05, 4.69) is 27.4 Å². The minimum atomic E-state index is -0.162. The van der Waals surface area contributed by atoms with Gasteiger partial charge in [-0.1, -0.05) is 19.1 Å². The molecule has 1 fully saturated rings. The molecular formula is C18H30FIN4. The highest BCUT2D eigenvalue weighted by molar-refractivity contribution is 14.0. The molecule has 1 aliphatic heterocycles. The molecule has 0 spiro atoms. The molecule has 0 amide bonds. The number of hydrogen-bond acceptors (Lipinski definition) is 2. The maximum absolute atomic E-state index is 13.7. The SMILES string of the molecule is CCN1CCC(CNC(=NC)NC(C)c2ccc(C)c(F)c2)C1.I. The number of nitrogens with one attached hydrogen (secondary N) is 2. The first-order chi connectivity index (χ1) is 11.0. The molecule has 2 atom stereocenters. The Bertz CT molecular complexity index is 550. The number of rotatable bonds is 5. The molecule has 1 aromatic rings. The molecular weight excluding hydrogens is 418 g/mol. The van der Waals surface area contributed by atoms with Crippen LogP contribution in [0.5, 0.6) is 0 Å². The maximum Gasteiger partial charge on any atom is 0.191 e. The third kappa shape index (κ3) is 5.88. The average molecular weight is 448 g/mol. The molecule has 1 saturated heterocycles. The van der Waals surface area contributed by atoms with Gasteiger partial charge < -0.3 is 15.5 Å². The summed E-state index contributed by atoms with van der Waals surface area (Å²) in [5.41, 5.74) is 1.60. The van der Waals surface area contributed by atoms with Gasteiger partial charge in [0.1, 0.15) is 5.82 Å². The molecule has 0 aromatic heterocycles. The fraction of sp³-hybridized carbons (Fsp3) is 0.611. The Hall–Kier alpha value is -0.890. The summed E-state index contributed by atoms with van der Waals surface area (Å²) in [5.74, 6) is 1.28. The first-order valence-corrected chi connectivity index (χ1v) is 8.49. The lowest BCUT2D eigenvalue weighted by Gasteiger charge is -2.20. The zero-order valence-electron chi connectivity index (χ0n) is 15.1. The van der Waals surface area contributed by atoms with Gasteiger partial charge in [-0.25, -0.2) is 4.39 Å². The molecule has 0 bridgehead atoms. The first kappa shape index (κ1) is 21.2. The van der Waals surface area contributed by atoms with Crippen molar-refractivity contribution in [3.63, 3.8) is 0 Å². The summed E-state index contributed by atoms with van der Waals surface area (Å²) in [5, 5.41) is 6.74. The Balaban J connectivity index is 0.00000288. The third-order valence-corrected chi connectivity index (χ3v) is 4.65. The summed E-state index contributed by atoms with van der Waals surface area (Å²) >= 11 is 0. The molecule has 2 rings (SSSR count). The molecule has 1 heterocycles. The highest BCUT2D eigenvalue weighted by Crippen LogP contribution is 2.17. The van der Waals surface area contributed by atoms with Crippen LogP contribution >= 0.6 is 24.0 Å². The second-order valence-electron chi connectivity index (χ2n) is 6.38. The molecule has 0 aliphatic carbocycles. The van der Waals surface area contributed by atoms with E-state index < -0.39 is 0 Å². The van der Waals surface area contributed by atoms with Gasteiger partial charge in [0.05, 0.1) is 6.04 Å². The third-order valence-electron chi connectivity index (χ3n) is 4.65. The van der Waals surface area contributed by atoms with E-state index >= 15 is 0 Å². The summed E-state index contributed by atoms with van der Waals surface area (Å²) in [7, 11) is 1.77. The van der Waals surface area contributed by atoms with Crippen molar-refractivity contribution in [3.05, 3.63) is 35.1 Å².